The van der Waals surface area contributed by atoms with Crippen LogP contribution in [-0.2, 0) is 6.42 Å². The molecule has 0 aliphatic heterocycles. The molecule has 0 aromatic heterocycles. The predicted octanol–water partition coefficient (Wildman–Crippen LogP) is 3.93. The zero-order chi connectivity index (χ0) is 11.4. The van der Waals surface area contributed by atoms with Crippen molar-refractivity contribution in [2.45, 2.75) is 50.5 Å². The van der Waals surface area contributed by atoms with Gasteiger partial charge in [-0.15, -0.1) is 0 Å². The Bertz CT molecular complexity index is 323. The van der Waals surface area contributed by atoms with Crippen molar-refractivity contribution < 1.29 is 0 Å². The van der Waals surface area contributed by atoms with E-state index in [9.17, 15) is 0 Å². The Hall–Kier alpha value is -0.530. The SMILES string of the molecule is NC1(Cc2ccc(Cl)cc2)CCCCCC1. The van der Waals surface area contributed by atoms with Crippen molar-refractivity contribution in [3.05, 3.63) is 34.9 Å². The van der Waals surface area contributed by atoms with E-state index in [2.05, 4.69) is 12.1 Å². The summed E-state index contributed by atoms with van der Waals surface area (Å²) in [6.45, 7) is 0. The summed E-state index contributed by atoms with van der Waals surface area (Å²) < 4.78 is 0. The number of benzene rings is 1. The van der Waals surface area contributed by atoms with Gasteiger partial charge in [0.05, 0.1) is 0 Å². The molecule has 0 radical (unpaired) electrons. The molecule has 0 unspecified atom stereocenters. The second-order valence-electron chi connectivity index (χ2n) is 5.08. The average molecular weight is 238 g/mol. The third-order valence-electron chi connectivity index (χ3n) is 3.57. The van der Waals surface area contributed by atoms with Crippen LogP contribution in [0.1, 0.15) is 44.1 Å². The fourth-order valence-corrected chi connectivity index (χ4v) is 2.74. The molecule has 0 spiro atoms. The van der Waals surface area contributed by atoms with Crippen LogP contribution in [-0.4, -0.2) is 5.54 Å². The summed E-state index contributed by atoms with van der Waals surface area (Å²) in [5.41, 5.74) is 7.83. The number of hydrogen-bond acceptors (Lipinski definition) is 1. The smallest absolute Gasteiger partial charge is 0.0406 e. The lowest BCUT2D eigenvalue weighted by Gasteiger charge is -2.28. The Morgan fingerprint density at radius 1 is 1.00 bits per heavy atom. The molecule has 0 amide bonds. The van der Waals surface area contributed by atoms with E-state index < -0.39 is 0 Å². The van der Waals surface area contributed by atoms with E-state index in [1.54, 1.807) is 0 Å². The number of rotatable bonds is 2. The molecule has 16 heavy (non-hydrogen) atoms. The summed E-state index contributed by atoms with van der Waals surface area (Å²) in [6.07, 6.45) is 8.57. The molecule has 1 nitrogen and oxygen atoms in total. The molecule has 1 aliphatic rings. The van der Waals surface area contributed by atoms with E-state index in [-0.39, 0.29) is 5.54 Å². The minimum Gasteiger partial charge on any atom is -0.325 e. The molecule has 0 atom stereocenters. The average Bonchev–Trinajstić information content (AvgIpc) is 2.47. The fraction of sp³-hybridized carbons (Fsp3) is 0.571. The van der Waals surface area contributed by atoms with E-state index >= 15 is 0 Å². The first-order valence-corrected chi connectivity index (χ1v) is 6.59. The van der Waals surface area contributed by atoms with Gasteiger partial charge in [-0.1, -0.05) is 49.4 Å². The van der Waals surface area contributed by atoms with Crippen molar-refractivity contribution in [1.82, 2.24) is 0 Å². The Morgan fingerprint density at radius 3 is 2.12 bits per heavy atom. The zero-order valence-electron chi connectivity index (χ0n) is 9.71. The highest BCUT2D eigenvalue weighted by atomic mass is 35.5. The van der Waals surface area contributed by atoms with Crippen LogP contribution < -0.4 is 5.73 Å². The molecule has 2 N–H and O–H groups in total. The van der Waals surface area contributed by atoms with Crippen molar-refractivity contribution in [2.75, 3.05) is 0 Å². The second-order valence-corrected chi connectivity index (χ2v) is 5.52. The predicted molar refractivity (Wildman–Crippen MR) is 69.8 cm³/mol. The van der Waals surface area contributed by atoms with Crippen molar-refractivity contribution >= 4 is 11.6 Å². The summed E-state index contributed by atoms with van der Waals surface area (Å²) in [5, 5.41) is 0.802. The minimum absolute atomic E-state index is 0.0182. The maximum atomic E-state index is 6.50. The highest BCUT2D eigenvalue weighted by Gasteiger charge is 2.26. The lowest BCUT2D eigenvalue weighted by Crippen LogP contribution is -2.41. The highest BCUT2D eigenvalue weighted by Crippen LogP contribution is 2.28. The van der Waals surface area contributed by atoms with Crippen LogP contribution >= 0.6 is 11.6 Å². The molecule has 0 bridgehead atoms. The number of halogens is 1. The number of nitrogens with two attached hydrogens (primary N) is 1. The first-order chi connectivity index (χ1) is 7.68. The van der Waals surface area contributed by atoms with Crippen LogP contribution in [0.5, 0.6) is 0 Å². The van der Waals surface area contributed by atoms with Gasteiger partial charge in [-0.05, 0) is 37.0 Å². The number of hydrogen-bond donors (Lipinski definition) is 1. The second kappa shape index (κ2) is 5.20. The Balaban J connectivity index is 2.04. The first-order valence-electron chi connectivity index (χ1n) is 6.21. The molecular weight excluding hydrogens is 218 g/mol. The van der Waals surface area contributed by atoms with Crippen LogP contribution in [0, 0.1) is 0 Å². The molecular formula is C14H20ClN. The molecule has 1 aliphatic carbocycles. The van der Waals surface area contributed by atoms with Gasteiger partial charge in [0, 0.05) is 10.6 Å². The van der Waals surface area contributed by atoms with Gasteiger partial charge < -0.3 is 5.73 Å². The third kappa shape index (κ3) is 3.23. The quantitative estimate of drug-likeness (QED) is 0.775. The van der Waals surface area contributed by atoms with Crippen LogP contribution in [0.3, 0.4) is 0 Å². The summed E-state index contributed by atoms with van der Waals surface area (Å²) in [7, 11) is 0. The standard InChI is InChI=1S/C14H20ClN/c15-13-7-5-12(6-8-13)11-14(16)9-3-1-2-4-10-14/h5-8H,1-4,9-11,16H2. The van der Waals surface area contributed by atoms with E-state index in [1.807, 2.05) is 12.1 Å². The molecule has 1 fully saturated rings. The summed E-state index contributed by atoms with van der Waals surface area (Å²) in [6, 6.07) is 8.11. The Morgan fingerprint density at radius 2 is 1.56 bits per heavy atom. The van der Waals surface area contributed by atoms with Crippen molar-refractivity contribution in [3.8, 4) is 0 Å². The monoisotopic (exact) mass is 237 g/mol. The topological polar surface area (TPSA) is 26.0 Å². The third-order valence-corrected chi connectivity index (χ3v) is 3.82. The highest BCUT2D eigenvalue weighted by molar-refractivity contribution is 6.30. The molecule has 2 rings (SSSR count). The minimum atomic E-state index is 0.0182. The molecule has 1 aromatic carbocycles. The molecule has 1 aromatic rings. The molecule has 88 valence electrons. The first kappa shape index (κ1) is 11.9. The van der Waals surface area contributed by atoms with Crippen LogP contribution in [0.4, 0.5) is 0 Å². The molecule has 0 saturated heterocycles. The van der Waals surface area contributed by atoms with Crippen LogP contribution in [0.2, 0.25) is 5.02 Å². The van der Waals surface area contributed by atoms with Crippen LogP contribution in [0.25, 0.3) is 0 Å². The van der Waals surface area contributed by atoms with E-state index in [0.29, 0.717) is 0 Å². The summed E-state index contributed by atoms with van der Waals surface area (Å²) >= 11 is 5.88. The zero-order valence-corrected chi connectivity index (χ0v) is 10.5. The lowest BCUT2D eigenvalue weighted by molar-refractivity contribution is 0.369. The van der Waals surface area contributed by atoms with Crippen molar-refractivity contribution in [1.29, 1.82) is 0 Å². The van der Waals surface area contributed by atoms with Gasteiger partial charge in [0.25, 0.3) is 0 Å². The Kier molecular flexibility index (Phi) is 3.88. The normalized spacial score (nSPS) is 20.4. The van der Waals surface area contributed by atoms with E-state index in [0.717, 1.165) is 24.3 Å². The fourth-order valence-electron chi connectivity index (χ4n) is 2.62. The van der Waals surface area contributed by atoms with Gasteiger partial charge in [-0.2, -0.15) is 0 Å². The summed E-state index contributed by atoms with van der Waals surface area (Å²) in [5.74, 6) is 0. The van der Waals surface area contributed by atoms with Gasteiger partial charge in [0.15, 0.2) is 0 Å². The largest absolute Gasteiger partial charge is 0.325 e. The van der Waals surface area contributed by atoms with Crippen LogP contribution in [0.15, 0.2) is 24.3 Å². The van der Waals surface area contributed by atoms with Gasteiger partial charge in [0.1, 0.15) is 0 Å². The van der Waals surface area contributed by atoms with E-state index in [1.165, 1.54) is 31.2 Å². The molecule has 1 saturated carbocycles. The van der Waals surface area contributed by atoms with Crippen molar-refractivity contribution in [2.24, 2.45) is 5.73 Å². The van der Waals surface area contributed by atoms with E-state index in [4.69, 9.17) is 17.3 Å². The molecule has 0 heterocycles. The maximum absolute atomic E-state index is 6.50. The van der Waals surface area contributed by atoms with Gasteiger partial charge in [-0.3, -0.25) is 0 Å². The maximum Gasteiger partial charge on any atom is 0.0406 e. The lowest BCUT2D eigenvalue weighted by atomic mass is 9.85. The van der Waals surface area contributed by atoms with Gasteiger partial charge >= 0.3 is 0 Å². The Labute approximate surface area is 103 Å². The summed E-state index contributed by atoms with van der Waals surface area (Å²) in [4.78, 5) is 0. The molecule has 2 heteroatoms. The van der Waals surface area contributed by atoms with Crippen molar-refractivity contribution in [3.63, 3.8) is 0 Å². The van der Waals surface area contributed by atoms with Gasteiger partial charge in [-0.25, -0.2) is 0 Å². The van der Waals surface area contributed by atoms with Gasteiger partial charge in [0.2, 0.25) is 0 Å².